The third-order valence-corrected chi connectivity index (χ3v) is 6.15. The van der Waals surface area contributed by atoms with Gasteiger partial charge >= 0.3 is 0 Å². The molecule has 0 heterocycles. The second kappa shape index (κ2) is 8.23. The minimum absolute atomic E-state index is 0.0925. The first kappa shape index (κ1) is 17.6. The van der Waals surface area contributed by atoms with Crippen LogP contribution in [0.2, 0.25) is 0 Å². The van der Waals surface area contributed by atoms with Crippen LogP contribution < -0.4 is 4.74 Å². The van der Waals surface area contributed by atoms with E-state index in [9.17, 15) is 5.11 Å². The van der Waals surface area contributed by atoms with Crippen LogP contribution in [0.5, 0.6) is 5.75 Å². The molecule has 0 unspecified atom stereocenters. The van der Waals surface area contributed by atoms with E-state index in [1.165, 1.54) is 24.2 Å². The first-order valence-electron chi connectivity index (χ1n) is 8.11. The van der Waals surface area contributed by atoms with Crippen molar-refractivity contribution in [2.45, 2.75) is 54.8 Å². The Morgan fingerprint density at radius 2 is 1.77 bits per heavy atom. The molecule has 4 heteroatoms. The lowest BCUT2D eigenvalue weighted by Crippen LogP contribution is -2.45. The second-order valence-electron chi connectivity index (χ2n) is 6.28. The van der Waals surface area contributed by atoms with Gasteiger partial charge in [0.15, 0.2) is 0 Å². The van der Waals surface area contributed by atoms with Crippen LogP contribution in [0.25, 0.3) is 0 Å². The largest absolute Gasteiger partial charge is 0.497 e. The van der Waals surface area contributed by atoms with Crippen LogP contribution in [-0.4, -0.2) is 36.8 Å². The molecule has 0 spiro atoms. The molecule has 1 fully saturated rings. The summed E-state index contributed by atoms with van der Waals surface area (Å²) in [6.45, 7) is 2.69. The van der Waals surface area contributed by atoms with E-state index in [-0.39, 0.29) is 16.8 Å². The molecule has 1 N–H and O–H groups in total. The third kappa shape index (κ3) is 4.18. The van der Waals surface area contributed by atoms with Crippen LogP contribution in [0, 0.1) is 5.92 Å². The maximum Gasteiger partial charge on any atom is 0.118 e. The van der Waals surface area contributed by atoms with Gasteiger partial charge in [0.1, 0.15) is 5.75 Å². The van der Waals surface area contributed by atoms with E-state index in [4.69, 9.17) is 9.47 Å². The number of methoxy groups -OCH3 is 2. The molecule has 0 saturated heterocycles. The Bertz CT molecular complexity index is 440. The molecule has 0 radical (unpaired) electrons. The number of aliphatic hydroxyl groups excluding tert-OH is 1. The average Bonchev–Trinajstić information content (AvgIpc) is 2.56. The summed E-state index contributed by atoms with van der Waals surface area (Å²) in [5.41, 5.74) is 0. The molecule has 3 nitrogen and oxygen atoms in total. The molecule has 0 aliphatic heterocycles. The SMILES string of the molecule is COC[C@@H](C)[C@@H](O)C1(Sc2ccc(OC)cc2)CCCCC1. The molecule has 124 valence electrons. The fraction of sp³-hybridized carbons (Fsp3) is 0.667. The molecule has 0 bridgehead atoms. The summed E-state index contributed by atoms with van der Waals surface area (Å²) in [6, 6.07) is 8.16. The van der Waals surface area contributed by atoms with Crippen LogP contribution in [0.15, 0.2) is 29.2 Å². The summed E-state index contributed by atoms with van der Waals surface area (Å²) in [4.78, 5) is 1.20. The van der Waals surface area contributed by atoms with Crippen LogP contribution in [0.4, 0.5) is 0 Å². The van der Waals surface area contributed by atoms with Crippen molar-refractivity contribution in [1.29, 1.82) is 0 Å². The monoisotopic (exact) mass is 324 g/mol. The average molecular weight is 324 g/mol. The van der Waals surface area contributed by atoms with E-state index < -0.39 is 0 Å². The van der Waals surface area contributed by atoms with Gasteiger partial charge in [0.25, 0.3) is 0 Å². The van der Waals surface area contributed by atoms with Crippen molar-refractivity contribution in [2.75, 3.05) is 20.8 Å². The summed E-state index contributed by atoms with van der Waals surface area (Å²) in [6.07, 6.45) is 5.45. The maximum atomic E-state index is 11.0. The van der Waals surface area contributed by atoms with E-state index >= 15 is 0 Å². The van der Waals surface area contributed by atoms with Crippen LogP contribution in [0.1, 0.15) is 39.0 Å². The molecular formula is C18H28O3S. The van der Waals surface area contributed by atoms with Crippen molar-refractivity contribution in [3.05, 3.63) is 24.3 Å². The third-order valence-electron chi connectivity index (χ3n) is 4.59. The molecule has 1 aliphatic rings. The van der Waals surface area contributed by atoms with Gasteiger partial charge in [0.2, 0.25) is 0 Å². The van der Waals surface area contributed by atoms with Gasteiger partial charge in [-0.2, -0.15) is 0 Å². The lowest BCUT2D eigenvalue weighted by molar-refractivity contribution is 0.0210. The summed E-state index contributed by atoms with van der Waals surface area (Å²) < 4.78 is 10.4. The maximum absolute atomic E-state index is 11.0. The van der Waals surface area contributed by atoms with Crippen molar-refractivity contribution in [3.63, 3.8) is 0 Å². The molecule has 1 saturated carbocycles. The minimum atomic E-state index is -0.347. The Labute approximate surface area is 138 Å². The van der Waals surface area contributed by atoms with E-state index in [0.29, 0.717) is 6.61 Å². The molecular weight excluding hydrogens is 296 g/mol. The highest BCUT2D eigenvalue weighted by Crippen LogP contribution is 2.48. The summed E-state index contributed by atoms with van der Waals surface area (Å²) in [5, 5.41) is 11.0. The standard InChI is InChI=1S/C18H28O3S/c1-14(13-20-2)17(19)18(11-5-4-6-12-18)22-16-9-7-15(21-3)8-10-16/h7-10,14,17,19H,4-6,11-13H2,1-3H3/t14-,17-/m1/s1. The van der Waals surface area contributed by atoms with Crippen LogP contribution >= 0.6 is 11.8 Å². The number of benzene rings is 1. The lowest BCUT2D eigenvalue weighted by atomic mass is 9.80. The molecule has 0 amide bonds. The van der Waals surface area contributed by atoms with Gasteiger partial charge in [-0.1, -0.05) is 26.2 Å². The van der Waals surface area contributed by atoms with Crippen molar-refractivity contribution in [3.8, 4) is 5.75 Å². The predicted octanol–water partition coefficient (Wildman–Crippen LogP) is 4.13. The van der Waals surface area contributed by atoms with Gasteiger partial charge in [-0.05, 0) is 37.1 Å². The van der Waals surface area contributed by atoms with Gasteiger partial charge in [-0.25, -0.2) is 0 Å². The Morgan fingerprint density at radius 1 is 1.14 bits per heavy atom. The van der Waals surface area contributed by atoms with Crippen molar-refractivity contribution < 1.29 is 14.6 Å². The number of rotatable bonds is 7. The Kier molecular flexibility index (Phi) is 6.60. The van der Waals surface area contributed by atoms with E-state index in [0.717, 1.165) is 18.6 Å². The zero-order chi connectivity index (χ0) is 16.0. The van der Waals surface area contributed by atoms with Crippen molar-refractivity contribution in [2.24, 2.45) is 5.92 Å². The second-order valence-corrected chi connectivity index (χ2v) is 7.77. The molecule has 2 rings (SSSR count). The van der Waals surface area contributed by atoms with Gasteiger partial charge in [-0.3, -0.25) is 0 Å². The number of ether oxygens (including phenoxy) is 2. The number of thioether (sulfide) groups is 1. The molecule has 22 heavy (non-hydrogen) atoms. The fourth-order valence-electron chi connectivity index (χ4n) is 3.36. The van der Waals surface area contributed by atoms with Gasteiger partial charge in [-0.15, -0.1) is 11.8 Å². The summed E-state index contributed by atoms with van der Waals surface area (Å²) in [5.74, 6) is 1.02. The number of hydrogen-bond donors (Lipinski definition) is 1. The first-order valence-corrected chi connectivity index (χ1v) is 8.93. The summed E-state index contributed by atoms with van der Waals surface area (Å²) >= 11 is 1.83. The molecule has 0 aromatic heterocycles. The smallest absolute Gasteiger partial charge is 0.118 e. The minimum Gasteiger partial charge on any atom is -0.497 e. The molecule has 2 atom stereocenters. The van der Waals surface area contributed by atoms with Crippen LogP contribution in [-0.2, 0) is 4.74 Å². The first-order chi connectivity index (χ1) is 10.6. The molecule has 1 aromatic rings. The molecule has 1 aromatic carbocycles. The zero-order valence-corrected chi connectivity index (χ0v) is 14.7. The Hall–Kier alpha value is -0.710. The number of hydrogen-bond acceptors (Lipinski definition) is 4. The lowest BCUT2D eigenvalue weighted by Gasteiger charge is -2.43. The molecule has 1 aliphatic carbocycles. The van der Waals surface area contributed by atoms with Gasteiger partial charge in [0.05, 0.1) is 19.8 Å². The Balaban J connectivity index is 2.16. The van der Waals surface area contributed by atoms with E-state index in [1.807, 2.05) is 23.9 Å². The Morgan fingerprint density at radius 3 is 2.32 bits per heavy atom. The summed E-state index contributed by atoms with van der Waals surface area (Å²) in [7, 11) is 3.38. The fourth-order valence-corrected chi connectivity index (χ4v) is 4.95. The number of aliphatic hydroxyl groups is 1. The van der Waals surface area contributed by atoms with Crippen LogP contribution in [0.3, 0.4) is 0 Å². The van der Waals surface area contributed by atoms with E-state index in [2.05, 4.69) is 19.1 Å². The van der Waals surface area contributed by atoms with Crippen molar-refractivity contribution in [1.82, 2.24) is 0 Å². The normalized spacial score (nSPS) is 20.4. The highest BCUT2D eigenvalue weighted by atomic mass is 32.2. The van der Waals surface area contributed by atoms with Gasteiger partial charge < -0.3 is 14.6 Å². The highest BCUT2D eigenvalue weighted by molar-refractivity contribution is 8.00. The van der Waals surface area contributed by atoms with Crippen molar-refractivity contribution >= 4 is 11.8 Å². The quantitative estimate of drug-likeness (QED) is 0.818. The topological polar surface area (TPSA) is 38.7 Å². The van der Waals surface area contributed by atoms with E-state index in [1.54, 1.807) is 14.2 Å². The predicted molar refractivity (Wildman–Crippen MR) is 91.7 cm³/mol. The zero-order valence-electron chi connectivity index (χ0n) is 13.9. The van der Waals surface area contributed by atoms with Gasteiger partial charge in [0, 0.05) is 22.7 Å². The highest BCUT2D eigenvalue weighted by Gasteiger charge is 2.42.